The number of hydrogen-bond donors (Lipinski definition) is 1. The molecule has 1 saturated heterocycles. The average Bonchev–Trinajstić information content (AvgIpc) is 2.63. The molecule has 0 amide bonds. The monoisotopic (exact) mass is 293 g/mol. The fourth-order valence-electron chi connectivity index (χ4n) is 2.33. The average molecular weight is 293 g/mol. The Kier molecular flexibility index (Phi) is 4.81. The van der Waals surface area contributed by atoms with E-state index >= 15 is 0 Å². The van der Waals surface area contributed by atoms with Crippen LogP contribution in [0.3, 0.4) is 0 Å². The summed E-state index contributed by atoms with van der Waals surface area (Å²) in [4.78, 5) is 6.27. The predicted octanol–water partition coefficient (Wildman–Crippen LogP) is 2.74. The third-order valence-corrected chi connectivity index (χ3v) is 4.40. The van der Waals surface area contributed by atoms with Gasteiger partial charge in [0.25, 0.3) is 0 Å². The Bertz CT molecular complexity index is 397. The maximum atomic E-state index is 12.5. The van der Waals surface area contributed by atoms with E-state index in [-0.39, 0.29) is 0 Å². The van der Waals surface area contributed by atoms with Gasteiger partial charge in [-0.05, 0) is 39.4 Å². The van der Waals surface area contributed by atoms with Crippen LogP contribution in [0.15, 0.2) is 6.20 Å². The first-order chi connectivity index (χ1) is 8.97. The summed E-state index contributed by atoms with van der Waals surface area (Å²) in [6.07, 6.45) is 0.272. The zero-order chi connectivity index (χ0) is 13.9. The van der Waals surface area contributed by atoms with Crippen molar-refractivity contribution in [3.8, 4) is 0 Å². The number of nitrogens with one attached hydrogen (secondary N) is 1. The van der Waals surface area contributed by atoms with Crippen molar-refractivity contribution in [2.75, 3.05) is 20.1 Å². The van der Waals surface area contributed by atoms with Gasteiger partial charge in [-0.25, -0.2) is 4.98 Å². The number of halogens is 3. The lowest BCUT2D eigenvalue weighted by atomic mass is 10.1. The van der Waals surface area contributed by atoms with Crippen molar-refractivity contribution < 1.29 is 13.2 Å². The van der Waals surface area contributed by atoms with Crippen LogP contribution in [0.5, 0.6) is 0 Å². The molecule has 19 heavy (non-hydrogen) atoms. The molecule has 1 aromatic rings. The molecule has 108 valence electrons. The van der Waals surface area contributed by atoms with Crippen LogP contribution in [0.25, 0.3) is 0 Å². The minimum Gasteiger partial charge on any atom is -0.317 e. The van der Waals surface area contributed by atoms with Crippen molar-refractivity contribution in [3.63, 3.8) is 0 Å². The van der Waals surface area contributed by atoms with E-state index in [9.17, 15) is 13.2 Å². The Morgan fingerprint density at radius 2 is 2.21 bits per heavy atom. The molecular formula is C12H18F3N3S. The lowest BCUT2D eigenvalue weighted by Crippen LogP contribution is -2.31. The van der Waals surface area contributed by atoms with Crippen LogP contribution >= 0.6 is 11.3 Å². The molecule has 1 N–H and O–H groups in total. The SMILES string of the molecule is CN(Cc1cnc(C(F)(F)F)s1)C1CCCNCC1. The summed E-state index contributed by atoms with van der Waals surface area (Å²) in [7, 11) is 1.98. The second kappa shape index (κ2) is 6.19. The van der Waals surface area contributed by atoms with Crippen molar-refractivity contribution in [2.45, 2.75) is 38.0 Å². The van der Waals surface area contributed by atoms with Crippen molar-refractivity contribution in [1.82, 2.24) is 15.2 Å². The van der Waals surface area contributed by atoms with Gasteiger partial charge >= 0.3 is 6.18 Å². The lowest BCUT2D eigenvalue weighted by Gasteiger charge is -2.26. The number of thiazole rings is 1. The smallest absolute Gasteiger partial charge is 0.317 e. The van der Waals surface area contributed by atoms with Gasteiger partial charge in [-0.2, -0.15) is 13.2 Å². The number of hydrogen-bond acceptors (Lipinski definition) is 4. The first-order valence-electron chi connectivity index (χ1n) is 6.39. The van der Waals surface area contributed by atoms with Gasteiger partial charge in [-0.1, -0.05) is 0 Å². The van der Waals surface area contributed by atoms with E-state index in [1.807, 2.05) is 7.05 Å². The summed E-state index contributed by atoms with van der Waals surface area (Å²) in [5.74, 6) is 0. The Labute approximate surface area is 114 Å². The number of aromatic nitrogens is 1. The molecule has 0 saturated carbocycles. The highest BCUT2D eigenvalue weighted by molar-refractivity contribution is 7.11. The predicted molar refractivity (Wildman–Crippen MR) is 69.1 cm³/mol. The Morgan fingerprint density at radius 1 is 1.42 bits per heavy atom. The molecule has 0 spiro atoms. The molecule has 1 aromatic heterocycles. The Balaban J connectivity index is 1.94. The van der Waals surface area contributed by atoms with Crippen LogP contribution in [0.1, 0.15) is 29.1 Å². The standard InChI is InChI=1S/C12H18F3N3S/c1-18(9-3-2-5-16-6-4-9)8-10-7-17-11(19-10)12(13,14)15/h7,9,16H,2-6,8H2,1H3. The van der Waals surface area contributed by atoms with Gasteiger partial charge in [0.05, 0.1) is 0 Å². The van der Waals surface area contributed by atoms with Gasteiger partial charge < -0.3 is 5.32 Å². The van der Waals surface area contributed by atoms with Crippen LogP contribution in [0.2, 0.25) is 0 Å². The maximum absolute atomic E-state index is 12.5. The van der Waals surface area contributed by atoms with Crippen molar-refractivity contribution in [2.24, 2.45) is 0 Å². The van der Waals surface area contributed by atoms with Crippen molar-refractivity contribution >= 4 is 11.3 Å². The first-order valence-corrected chi connectivity index (χ1v) is 7.21. The minimum atomic E-state index is -4.33. The summed E-state index contributed by atoms with van der Waals surface area (Å²) in [5, 5.41) is 2.58. The maximum Gasteiger partial charge on any atom is 0.443 e. The molecule has 0 aromatic carbocycles. The summed E-state index contributed by atoms with van der Waals surface area (Å²) in [6, 6.07) is 0.437. The fraction of sp³-hybridized carbons (Fsp3) is 0.750. The number of nitrogens with zero attached hydrogens (tertiary/aromatic N) is 2. The third kappa shape index (κ3) is 4.15. The topological polar surface area (TPSA) is 28.2 Å². The highest BCUT2D eigenvalue weighted by Crippen LogP contribution is 2.33. The van der Waals surface area contributed by atoms with E-state index in [2.05, 4.69) is 15.2 Å². The van der Waals surface area contributed by atoms with E-state index in [0.29, 0.717) is 17.5 Å². The second-order valence-electron chi connectivity index (χ2n) is 4.88. The van der Waals surface area contributed by atoms with Crippen LogP contribution in [0, 0.1) is 0 Å². The van der Waals surface area contributed by atoms with Crippen LogP contribution < -0.4 is 5.32 Å². The highest BCUT2D eigenvalue weighted by Gasteiger charge is 2.34. The molecule has 1 fully saturated rings. The van der Waals surface area contributed by atoms with E-state index in [1.165, 1.54) is 6.20 Å². The molecule has 7 heteroatoms. The zero-order valence-electron chi connectivity index (χ0n) is 10.8. The normalized spacial score (nSPS) is 21.6. The van der Waals surface area contributed by atoms with Gasteiger partial charge in [0.1, 0.15) is 0 Å². The molecular weight excluding hydrogens is 275 g/mol. The van der Waals surface area contributed by atoms with E-state index in [4.69, 9.17) is 0 Å². The third-order valence-electron chi connectivity index (χ3n) is 3.37. The summed E-state index contributed by atoms with van der Waals surface area (Å²) < 4.78 is 37.4. The molecule has 2 heterocycles. The molecule has 0 aliphatic carbocycles. The van der Waals surface area contributed by atoms with Gasteiger partial charge in [-0.3, -0.25) is 4.90 Å². The largest absolute Gasteiger partial charge is 0.443 e. The van der Waals surface area contributed by atoms with Gasteiger partial charge in [-0.15, -0.1) is 11.3 Å². The molecule has 3 nitrogen and oxygen atoms in total. The number of rotatable bonds is 3. The quantitative estimate of drug-likeness (QED) is 0.929. The molecule has 1 unspecified atom stereocenters. The van der Waals surface area contributed by atoms with E-state index < -0.39 is 11.2 Å². The van der Waals surface area contributed by atoms with Gasteiger partial charge in [0.15, 0.2) is 5.01 Å². The second-order valence-corrected chi connectivity index (χ2v) is 5.99. The minimum absolute atomic E-state index is 0.437. The molecule has 1 aliphatic rings. The molecule has 1 atom stereocenters. The lowest BCUT2D eigenvalue weighted by molar-refractivity contribution is -0.137. The molecule has 0 bridgehead atoms. The van der Waals surface area contributed by atoms with Crippen LogP contribution in [0.4, 0.5) is 13.2 Å². The Morgan fingerprint density at radius 3 is 2.89 bits per heavy atom. The van der Waals surface area contributed by atoms with Crippen molar-refractivity contribution in [3.05, 3.63) is 16.1 Å². The van der Waals surface area contributed by atoms with Crippen LogP contribution in [-0.4, -0.2) is 36.1 Å². The van der Waals surface area contributed by atoms with Gasteiger partial charge in [0.2, 0.25) is 0 Å². The molecule has 0 radical (unpaired) electrons. The van der Waals surface area contributed by atoms with E-state index in [0.717, 1.165) is 43.7 Å². The summed E-state index contributed by atoms with van der Waals surface area (Å²) >= 11 is 0.744. The summed E-state index contributed by atoms with van der Waals surface area (Å²) in [5.41, 5.74) is 0. The van der Waals surface area contributed by atoms with E-state index in [1.54, 1.807) is 0 Å². The van der Waals surface area contributed by atoms with Crippen LogP contribution in [-0.2, 0) is 12.7 Å². The zero-order valence-corrected chi connectivity index (χ0v) is 11.7. The molecule has 2 rings (SSSR count). The highest BCUT2D eigenvalue weighted by atomic mass is 32.1. The Hall–Kier alpha value is -0.660. The summed E-state index contributed by atoms with van der Waals surface area (Å²) in [6.45, 7) is 2.55. The fourth-order valence-corrected chi connectivity index (χ4v) is 3.17. The molecule has 1 aliphatic heterocycles. The number of alkyl halides is 3. The van der Waals surface area contributed by atoms with Gasteiger partial charge in [0, 0.05) is 23.7 Å². The van der Waals surface area contributed by atoms with Crippen molar-refractivity contribution in [1.29, 1.82) is 0 Å². The first kappa shape index (κ1) is 14.7.